The summed E-state index contributed by atoms with van der Waals surface area (Å²) in [5.74, 6) is 6.36. The van der Waals surface area contributed by atoms with Crippen LogP contribution in [0.15, 0.2) is 6.33 Å². The summed E-state index contributed by atoms with van der Waals surface area (Å²) < 4.78 is 1.45. The van der Waals surface area contributed by atoms with Crippen molar-refractivity contribution in [1.29, 1.82) is 0 Å². The molecule has 5 heteroatoms. The summed E-state index contributed by atoms with van der Waals surface area (Å²) in [4.78, 5) is 0. The summed E-state index contributed by atoms with van der Waals surface area (Å²) in [6.45, 7) is 2.12. The number of nitrogens with two attached hydrogens (primary N) is 1. The first-order valence-corrected chi connectivity index (χ1v) is 4.57. The summed E-state index contributed by atoms with van der Waals surface area (Å²) in [7, 11) is 0. The average Bonchev–Trinajstić information content (AvgIpc) is 2.47. The minimum atomic E-state index is 0.432. The molecule has 0 saturated carbocycles. The van der Waals surface area contributed by atoms with Gasteiger partial charge in [0.05, 0.1) is 0 Å². The molecule has 1 atom stereocenters. The molecule has 2 N–H and O–H groups in total. The molecule has 0 bridgehead atoms. The molecular weight excluding hydrogens is 172 g/mol. The van der Waals surface area contributed by atoms with E-state index >= 15 is 0 Å². The highest BCUT2D eigenvalue weighted by molar-refractivity contribution is 7.80. The van der Waals surface area contributed by atoms with Gasteiger partial charge in [-0.05, 0) is 12.8 Å². The zero-order valence-corrected chi connectivity index (χ0v) is 8.04. The van der Waals surface area contributed by atoms with Gasteiger partial charge in [0.2, 0.25) is 0 Å². The van der Waals surface area contributed by atoms with Gasteiger partial charge in [-0.25, -0.2) is 4.68 Å². The topological polar surface area (TPSA) is 56.7 Å². The third kappa shape index (κ3) is 2.41. The van der Waals surface area contributed by atoms with Crippen LogP contribution < -0.4 is 5.84 Å². The number of nitrogens with zero attached hydrogens (tertiary/aromatic N) is 3. The summed E-state index contributed by atoms with van der Waals surface area (Å²) in [6, 6.07) is 0. The Morgan fingerprint density at radius 3 is 3.00 bits per heavy atom. The Bertz CT molecular complexity index is 235. The van der Waals surface area contributed by atoms with E-state index in [1.165, 1.54) is 11.0 Å². The molecule has 0 spiro atoms. The predicted octanol–water partition coefficient (Wildman–Crippen LogP) is 0.633. The highest BCUT2D eigenvalue weighted by atomic mass is 32.1. The molecule has 1 heterocycles. The molecule has 0 saturated heterocycles. The largest absolute Gasteiger partial charge is 0.336 e. The van der Waals surface area contributed by atoms with Gasteiger partial charge in [0, 0.05) is 11.7 Å². The molecule has 4 nitrogen and oxygen atoms in total. The molecule has 12 heavy (non-hydrogen) atoms. The standard InChI is InChI=1S/C7H14N4S/c1-2-6(12)3-4-7-10-9-5-11(7)8/h5-6,12H,2-4,8H2,1H3. The van der Waals surface area contributed by atoms with E-state index in [0.717, 1.165) is 25.1 Å². The third-order valence-electron chi connectivity index (χ3n) is 1.82. The molecule has 1 rings (SSSR count). The van der Waals surface area contributed by atoms with Gasteiger partial charge in [0.1, 0.15) is 6.33 Å². The maximum Gasteiger partial charge on any atom is 0.151 e. The van der Waals surface area contributed by atoms with Crippen LogP contribution in [-0.2, 0) is 6.42 Å². The minimum absolute atomic E-state index is 0.432. The maximum atomic E-state index is 5.53. The van der Waals surface area contributed by atoms with Crippen LogP contribution in [0.4, 0.5) is 0 Å². The lowest BCUT2D eigenvalue weighted by Gasteiger charge is -2.05. The van der Waals surface area contributed by atoms with Crippen LogP contribution in [-0.4, -0.2) is 20.1 Å². The number of nitrogen functional groups attached to an aromatic ring is 1. The van der Waals surface area contributed by atoms with Crippen LogP contribution in [0.1, 0.15) is 25.6 Å². The number of thiol groups is 1. The summed E-state index contributed by atoms with van der Waals surface area (Å²) in [6.07, 6.45) is 4.42. The highest BCUT2D eigenvalue weighted by Gasteiger charge is 2.04. The van der Waals surface area contributed by atoms with Crippen LogP contribution in [0.5, 0.6) is 0 Å². The van der Waals surface area contributed by atoms with E-state index in [0.29, 0.717) is 5.25 Å². The van der Waals surface area contributed by atoms with Crippen molar-refractivity contribution in [1.82, 2.24) is 14.9 Å². The summed E-state index contributed by atoms with van der Waals surface area (Å²) in [5.41, 5.74) is 0. The normalized spacial score (nSPS) is 13.2. The van der Waals surface area contributed by atoms with Gasteiger partial charge in [-0.2, -0.15) is 12.6 Å². The SMILES string of the molecule is CCC(S)CCc1nncn1N. The van der Waals surface area contributed by atoms with Crippen molar-refractivity contribution in [3.8, 4) is 0 Å². The van der Waals surface area contributed by atoms with Crippen LogP contribution in [0.2, 0.25) is 0 Å². The first-order valence-electron chi connectivity index (χ1n) is 4.06. The van der Waals surface area contributed by atoms with Gasteiger partial charge in [-0.3, -0.25) is 0 Å². The molecule has 0 amide bonds. The lowest BCUT2D eigenvalue weighted by Crippen LogP contribution is -2.12. The van der Waals surface area contributed by atoms with Crippen LogP contribution >= 0.6 is 12.6 Å². The first-order chi connectivity index (χ1) is 5.74. The molecular formula is C7H14N4S. The second kappa shape index (κ2) is 4.35. The first kappa shape index (κ1) is 9.38. The van der Waals surface area contributed by atoms with Crippen molar-refractivity contribution in [3.05, 3.63) is 12.2 Å². The van der Waals surface area contributed by atoms with Gasteiger partial charge in [0.15, 0.2) is 5.82 Å². The number of hydrogen-bond donors (Lipinski definition) is 2. The van der Waals surface area contributed by atoms with Crippen molar-refractivity contribution in [2.45, 2.75) is 31.4 Å². The van der Waals surface area contributed by atoms with Crippen LogP contribution in [0, 0.1) is 0 Å². The molecule has 68 valence electrons. The molecule has 1 unspecified atom stereocenters. The lowest BCUT2D eigenvalue weighted by molar-refractivity contribution is 0.696. The Kier molecular flexibility index (Phi) is 3.40. The van der Waals surface area contributed by atoms with Gasteiger partial charge < -0.3 is 5.84 Å². The van der Waals surface area contributed by atoms with E-state index in [1.54, 1.807) is 0 Å². The molecule has 0 radical (unpaired) electrons. The van der Waals surface area contributed by atoms with Crippen molar-refractivity contribution in [3.63, 3.8) is 0 Å². The Hall–Kier alpha value is -0.710. The quantitative estimate of drug-likeness (QED) is 0.536. The Morgan fingerprint density at radius 2 is 2.50 bits per heavy atom. The van der Waals surface area contributed by atoms with E-state index in [1.807, 2.05) is 0 Å². The van der Waals surface area contributed by atoms with Gasteiger partial charge >= 0.3 is 0 Å². The van der Waals surface area contributed by atoms with E-state index in [2.05, 4.69) is 29.7 Å². The van der Waals surface area contributed by atoms with Gasteiger partial charge in [0.25, 0.3) is 0 Å². The second-order valence-electron chi connectivity index (χ2n) is 2.76. The summed E-state index contributed by atoms with van der Waals surface area (Å²) >= 11 is 4.38. The molecule has 0 aliphatic carbocycles. The lowest BCUT2D eigenvalue weighted by atomic mass is 10.2. The fourth-order valence-electron chi connectivity index (χ4n) is 0.945. The summed E-state index contributed by atoms with van der Waals surface area (Å²) in [5, 5.41) is 8.00. The third-order valence-corrected chi connectivity index (χ3v) is 2.44. The molecule has 1 aromatic rings. The molecule has 0 aliphatic heterocycles. The highest BCUT2D eigenvalue weighted by Crippen LogP contribution is 2.08. The number of hydrogen-bond acceptors (Lipinski definition) is 4. The predicted molar refractivity (Wildman–Crippen MR) is 51.6 cm³/mol. The zero-order chi connectivity index (χ0) is 8.97. The molecule has 0 aromatic carbocycles. The van der Waals surface area contributed by atoms with E-state index in [4.69, 9.17) is 5.84 Å². The van der Waals surface area contributed by atoms with Crippen molar-refractivity contribution in [2.24, 2.45) is 0 Å². The van der Waals surface area contributed by atoms with E-state index in [9.17, 15) is 0 Å². The fraction of sp³-hybridized carbons (Fsp3) is 0.714. The zero-order valence-electron chi connectivity index (χ0n) is 7.14. The number of rotatable bonds is 4. The van der Waals surface area contributed by atoms with Gasteiger partial charge in [-0.1, -0.05) is 6.92 Å². The smallest absolute Gasteiger partial charge is 0.151 e. The van der Waals surface area contributed by atoms with E-state index in [-0.39, 0.29) is 0 Å². The fourth-order valence-corrected chi connectivity index (χ4v) is 1.07. The monoisotopic (exact) mass is 186 g/mol. The number of aromatic nitrogens is 3. The number of aryl methyl sites for hydroxylation is 1. The van der Waals surface area contributed by atoms with Crippen molar-refractivity contribution < 1.29 is 0 Å². The molecule has 0 aliphatic rings. The Morgan fingerprint density at radius 1 is 1.75 bits per heavy atom. The van der Waals surface area contributed by atoms with Gasteiger partial charge in [-0.15, -0.1) is 10.2 Å². The van der Waals surface area contributed by atoms with Crippen molar-refractivity contribution in [2.75, 3.05) is 5.84 Å². The Balaban J connectivity index is 2.38. The van der Waals surface area contributed by atoms with E-state index < -0.39 is 0 Å². The molecule has 0 fully saturated rings. The van der Waals surface area contributed by atoms with Crippen LogP contribution in [0.3, 0.4) is 0 Å². The second-order valence-corrected chi connectivity index (χ2v) is 3.49. The van der Waals surface area contributed by atoms with Crippen LogP contribution in [0.25, 0.3) is 0 Å². The van der Waals surface area contributed by atoms with Crippen molar-refractivity contribution >= 4 is 12.6 Å². The minimum Gasteiger partial charge on any atom is -0.336 e. The Labute approximate surface area is 77.5 Å². The molecule has 1 aromatic heterocycles. The maximum absolute atomic E-state index is 5.53. The average molecular weight is 186 g/mol.